The molecule has 0 aliphatic carbocycles. The molecule has 0 bridgehead atoms. The Labute approximate surface area is 151 Å². The molecule has 1 saturated heterocycles. The zero-order valence-electron chi connectivity index (χ0n) is 14.6. The van der Waals surface area contributed by atoms with Gasteiger partial charge in [0, 0.05) is 30.7 Å². The Hall–Kier alpha value is -1.43. The summed E-state index contributed by atoms with van der Waals surface area (Å²) in [6.07, 6.45) is 7.18. The van der Waals surface area contributed by atoms with Crippen LogP contribution in [0.25, 0.3) is 0 Å². The molecular weight excluding hydrogens is 366 g/mol. The number of fused-ring (bicyclic) bond motifs is 1. The van der Waals surface area contributed by atoms with Crippen LogP contribution >= 0.6 is 15.9 Å². The molecule has 0 aromatic carbocycles. The van der Waals surface area contributed by atoms with E-state index in [4.69, 9.17) is 5.10 Å². The third-order valence-corrected chi connectivity index (χ3v) is 5.84. The van der Waals surface area contributed by atoms with E-state index in [0.717, 1.165) is 36.5 Å². The molecule has 2 aliphatic heterocycles. The first-order valence-electron chi connectivity index (χ1n) is 8.64. The normalized spacial score (nSPS) is 19.8. The minimum atomic E-state index is 0.133. The van der Waals surface area contributed by atoms with E-state index in [1.165, 1.54) is 24.2 Å². The smallest absolute Gasteiger partial charge is 0.147 e. The summed E-state index contributed by atoms with van der Waals surface area (Å²) in [6.45, 7) is 9.87. The van der Waals surface area contributed by atoms with Crippen molar-refractivity contribution < 1.29 is 0 Å². The van der Waals surface area contributed by atoms with E-state index >= 15 is 0 Å². The molecule has 24 heavy (non-hydrogen) atoms. The fourth-order valence-corrected chi connectivity index (χ4v) is 4.08. The van der Waals surface area contributed by atoms with Gasteiger partial charge < -0.3 is 4.90 Å². The first kappa shape index (κ1) is 16.1. The van der Waals surface area contributed by atoms with Crippen molar-refractivity contribution in [3.63, 3.8) is 0 Å². The van der Waals surface area contributed by atoms with Crippen LogP contribution in [0.1, 0.15) is 45.0 Å². The summed E-state index contributed by atoms with van der Waals surface area (Å²) >= 11 is 3.35. The summed E-state index contributed by atoms with van der Waals surface area (Å²) in [7, 11) is 0. The largest absolute Gasteiger partial charge is 0.355 e. The highest BCUT2D eigenvalue weighted by Gasteiger charge is 2.41. The van der Waals surface area contributed by atoms with Crippen LogP contribution < -0.4 is 4.90 Å². The highest BCUT2D eigenvalue weighted by molar-refractivity contribution is 9.10. The first-order chi connectivity index (χ1) is 11.3. The Balaban J connectivity index is 1.44. The maximum atomic E-state index is 4.87. The second-order valence-corrected chi connectivity index (χ2v) is 9.10. The Morgan fingerprint density at radius 3 is 2.46 bits per heavy atom. The first-order valence-corrected chi connectivity index (χ1v) is 9.44. The van der Waals surface area contributed by atoms with E-state index in [0.29, 0.717) is 5.41 Å². The summed E-state index contributed by atoms with van der Waals surface area (Å²) in [6, 6.07) is 2.32. The quantitative estimate of drug-likeness (QED) is 0.747. The number of rotatable bonds is 1. The fraction of sp³-hybridized carbons (Fsp3) is 0.611. The second-order valence-electron chi connectivity index (χ2n) is 8.29. The number of nitrogens with zero attached hydrogens (tertiary/aromatic N) is 5. The van der Waals surface area contributed by atoms with Crippen LogP contribution in [0.3, 0.4) is 0 Å². The number of aromatic nitrogens is 4. The molecule has 6 heteroatoms. The molecule has 4 heterocycles. The number of halogens is 1. The van der Waals surface area contributed by atoms with Crippen LogP contribution in [0, 0.1) is 5.41 Å². The summed E-state index contributed by atoms with van der Waals surface area (Å²) in [5.74, 6) is 0.985. The summed E-state index contributed by atoms with van der Waals surface area (Å²) in [4.78, 5) is 11.1. The molecule has 0 unspecified atom stereocenters. The predicted molar refractivity (Wildman–Crippen MR) is 98.2 cm³/mol. The standard InChI is InChI=1S/C18H24BrN5/c1-17(2,3)14-8-13-9-18(12-24(13)22-14)4-6-23(7-5-18)16-11-20-15(19)10-21-16/h8,10-11H,4-7,9,12H2,1-3H3. The van der Waals surface area contributed by atoms with Crippen molar-refractivity contribution in [2.24, 2.45) is 5.41 Å². The lowest BCUT2D eigenvalue weighted by molar-refractivity contribution is 0.207. The molecule has 4 rings (SSSR count). The maximum Gasteiger partial charge on any atom is 0.147 e. The third-order valence-electron chi connectivity index (χ3n) is 5.43. The average Bonchev–Trinajstić information content (AvgIpc) is 3.05. The van der Waals surface area contributed by atoms with Gasteiger partial charge in [0.15, 0.2) is 0 Å². The molecule has 2 aliphatic rings. The van der Waals surface area contributed by atoms with Crippen LogP contribution in [-0.2, 0) is 18.4 Å². The molecule has 2 aromatic heterocycles. The summed E-state index contributed by atoms with van der Waals surface area (Å²) in [5.41, 5.74) is 3.15. The Bertz CT molecular complexity index is 710. The van der Waals surface area contributed by atoms with Crippen LogP contribution in [-0.4, -0.2) is 32.8 Å². The van der Waals surface area contributed by atoms with Gasteiger partial charge in [-0.2, -0.15) is 5.10 Å². The van der Waals surface area contributed by atoms with E-state index in [9.17, 15) is 0 Å². The van der Waals surface area contributed by atoms with Gasteiger partial charge in [-0.3, -0.25) is 4.68 Å². The zero-order valence-corrected chi connectivity index (χ0v) is 16.2. The van der Waals surface area contributed by atoms with Gasteiger partial charge in [0.25, 0.3) is 0 Å². The van der Waals surface area contributed by atoms with Gasteiger partial charge in [-0.1, -0.05) is 20.8 Å². The fourth-order valence-electron chi connectivity index (χ4n) is 3.87. The van der Waals surface area contributed by atoms with Crippen LogP contribution in [0.4, 0.5) is 5.82 Å². The van der Waals surface area contributed by atoms with Gasteiger partial charge in [0.2, 0.25) is 0 Å². The van der Waals surface area contributed by atoms with Crippen molar-refractivity contribution in [1.29, 1.82) is 0 Å². The van der Waals surface area contributed by atoms with Gasteiger partial charge in [-0.25, -0.2) is 9.97 Å². The Morgan fingerprint density at radius 2 is 1.88 bits per heavy atom. The van der Waals surface area contributed by atoms with Gasteiger partial charge in [0.05, 0.1) is 18.1 Å². The topological polar surface area (TPSA) is 46.8 Å². The number of hydrogen-bond donors (Lipinski definition) is 0. The van der Waals surface area contributed by atoms with Crippen molar-refractivity contribution >= 4 is 21.7 Å². The lowest BCUT2D eigenvalue weighted by Gasteiger charge is -2.39. The molecule has 0 amide bonds. The molecule has 128 valence electrons. The van der Waals surface area contributed by atoms with E-state index in [1.54, 1.807) is 6.20 Å². The SMILES string of the molecule is CC(C)(C)c1cc2n(n1)CC1(CCN(c3cnc(Br)cn3)CC1)C2. The van der Waals surface area contributed by atoms with Crippen LogP contribution in [0.2, 0.25) is 0 Å². The lowest BCUT2D eigenvalue weighted by Crippen LogP contribution is -2.41. The molecule has 0 saturated carbocycles. The maximum absolute atomic E-state index is 4.87. The minimum absolute atomic E-state index is 0.133. The Kier molecular flexibility index (Phi) is 3.71. The third kappa shape index (κ3) is 2.85. The highest BCUT2D eigenvalue weighted by Crippen LogP contribution is 2.42. The molecular formula is C18H24BrN5. The van der Waals surface area contributed by atoms with Crippen molar-refractivity contribution in [3.8, 4) is 0 Å². The van der Waals surface area contributed by atoms with Gasteiger partial charge in [0.1, 0.15) is 10.4 Å². The minimum Gasteiger partial charge on any atom is -0.355 e. The van der Waals surface area contributed by atoms with Gasteiger partial charge in [-0.15, -0.1) is 0 Å². The molecule has 0 atom stereocenters. The number of hydrogen-bond acceptors (Lipinski definition) is 4. The van der Waals surface area contributed by atoms with Crippen molar-refractivity contribution in [1.82, 2.24) is 19.7 Å². The average molecular weight is 390 g/mol. The lowest BCUT2D eigenvalue weighted by atomic mass is 9.76. The monoisotopic (exact) mass is 389 g/mol. The van der Waals surface area contributed by atoms with E-state index in [-0.39, 0.29) is 5.41 Å². The van der Waals surface area contributed by atoms with Crippen LogP contribution in [0.5, 0.6) is 0 Å². The van der Waals surface area contributed by atoms with Crippen molar-refractivity contribution in [3.05, 3.63) is 34.5 Å². The van der Waals surface area contributed by atoms with Gasteiger partial charge >= 0.3 is 0 Å². The Morgan fingerprint density at radius 1 is 1.12 bits per heavy atom. The van der Waals surface area contributed by atoms with E-state index in [2.05, 4.69) is 62.3 Å². The van der Waals surface area contributed by atoms with E-state index in [1.807, 2.05) is 6.20 Å². The molecule has 5 nitrogen and oxygen atoms in total. The molecule has 0 radical (unpaired) electrons. The molecule has 0 N–H and O–H groups in total. The van der Waals surface area contributed by atoms with Crippen molar-refractivity contribution in [2.75, 3.05) is 18.0 Å². The molecule has 1 spiro atoms. The summed E-state index contributed by atoms with van der Waals surface area (Å²) < 4.78 is 3.05. The van der Waals surface area contributed by atoms with Gasteiger partial charge in [-0.05, 0) is 46.7 Å². The number of piperidine rings is 1. The highest BCUT2D eigenvalue weighted by atomic mass is 79.9. The molecule has 2 aromatic rings. The van der Waals surface area contributed by atoms with E-state index < -0.39 is 0 Å². The second kappa shape index (κ2) is 5.55. The predicted octanol–water partition coefficient (Wildman–Crippen LogP) is 3.58. The van der Waals surface area contributed by atoms with Crippen molar-refractivity contribution in [2.45, 2.75) is 52.0 Å². The van der Waals surface area contributed by atoms with Crippen LogP contribution in [0.15, 0.2) is 23.1 Å². The summed E-state index contributed by atoms with van der Waals surface area (Å²) in [5, 5.41) is 4.87. The number of anilines is 1. The zero-order chi connectivity index (χ0) is 16.9. The molecule has 1 fully saturated rings.